The lowest BCUT2D eigenvalue weighted by Crippen LogP contribution is -2.41. The Labute approximate surface area is 233 Å². The lowest BCUT2D eigenvalue weighted by atomic mass is 9.54. The Kier molecular flexibility index (Phi) is 10.8. The van der Waals surface area contributed by atoms with Gasteiger partial charge >= 0.3 is 12.1 Å². The van der Waals surface area contributed by atoms with Crippen LogP contribution in [-0.2, 0) is 6.42 Å². The van der Waals surface area contributed by atoms with Gasteiger partial charge in [-0.2, -0.15) is 22.0 Å². The molecule has 0 amide bonds. The third kappa shape index (κ3) is 7.77. The van der Waals surface area contributed by atoms with Crippen LogP contribution in [0.4, 0.5) is 22.0 Å². The molecule has 222 valence electrons. The van der Waals surface area contributed by atoms with E-state index in [-0.39, 0.29) is 6.42 Å². The van der Waals surface area contributed by atoms with Crippen molar-refractivity contribution >= 4 is 0 Å². The van der Waals surface area contributed by atoms with Crippen LogP contribution in [0.5, 0.6) is 0 Å². The van der Waals surface area contributed by atoms with Crippen molar-refractivity contribution in [3.05, 3.63) is 35.4 Å². The van der Waals surface area contributed by atoms with E-state index in [1.807, 2.05) is 0 Å². The average molecular weight is 556 g/mol. The zero-order valence-corrected chi connectivity index (χ0v) is 24.0. The molecule has 0 aromatic heterocycles. The standard InChI is InChI=1S/C33H50F5N/c1-39(24-11-5-2-3-10-22-32(34,35)33(36,37)38)25-12-6-4-9-20-31-21-13-16-30(31)29-18-17-26-14-7-8-15-27(26)28(29)19-23-31/h7-8,14-15,28-30H,2-6,9-13,16-25H2,1H3/t28-,29-,30+,31+/m1/s1. The highest BCUT2D eigenvalue weighted by Gasteiger charge is 2.56. The fourth-order valence-corrected chi connectivity index (χ4v) is 8.48. The van der Waals surface area contributed by atoms with E-state index in [4.69, 9.17) is 0 Å². The molecule has 0 aliphatic heterocycles. The topological polar surface area (TPSA) is 3.24 Å². The monoisotopic (exact) mass is 555 g/mol. The van der Waals surface area contributed by atoms with Crippen LogP contribution in [0.15, 0.2) is 24.3 Å². The highest BCUT2D eigenvalue weighted by molar-refractivity contribution is 5.34. The van der Waals surface area contributed by atoms with Crippen molar-refractivity contribution in [2.24, 2.45) is 17.3 Å². The van der Waals surface area contributed by atoms with E-state index in [9.17, 15) is 22.0 Å². The zero-order chi connectivity index (χ0) is 27.9. The average Bonchev–Trinajstić information content (AvgIpc) is 3.33. The van der Waals surface area contributed by atoms with Gasteiger partial charge in [-0.3, -0.25) is 0 Å². The summed E-state index contributed by atoms with van der Waals surface area (Å²) in [4.78, 5) is 2.34. The van der Waals surface area contributed by atoms with E-state index in [2.05, 4.69) is 36.2 Å². The summed E-state index contributed by atoms with van der Waals surface area (Å²) in [5.41, 5.74) is 3.90. The van der Waals surface area contributed by atoms with Crippen LogP contribution >= 0.6 is 0 Å². The predicted octanol–water partition coefficient (Wildman–Crippen LogP) is 10.3. The van der Waals surface area contributed by atoms with Crippen molar-refractivity contribution in [2.75, 3.05) is 20.1 Å². The van der Waals surface area contributed by atoms with Crippen LogP contribution in [0.3, 0.4) is 0 Å². The molecule has 1 aromatic rings. The highest BCUT2D eigenvalue weighted by atomic mass is 19.4. The zero-order valence-electron chi connectivity index (χ0n) is 24.0. The van der Waals surface area contributed by atoms with E-state index >= 15 is 0 Å². The molecule has 2 fully saturated rings. The fourth-order valence-electron chi connectivity index (χ4n) is 8.48. The van der Waals surface area contributed by atoms with Crippen LogP contribution in [0.2, 0.25) is 0 Å². The van der Waals surface area contributed by atoms with E-state index in [1.54, 1.807) is 11.1 Å². The van der Waals surface area contributed by atoms with Gasteiger partial charge in [0, 0.05) is 6.42 Å². The number of nitrogens with zero attached hydrogens (tertiary/aromatic N) is 1. The van der Waals surface area contributed by atoms with Gasteiger partial charge < -0.3 is 4.90 Å². The molecule has 0 radical (unpaired) electrons. The fraction of sp³-hybridized carbons (Fsp3) is 0.818. The normalized spacial score (nSPS) is 26.9. The molecule has 1 aromatic carbocycles. The van der Waals surface area contributed by atoms with Gasteiger partial charge in [0.25, 0.3) is 0 Å². The van der Waals surface area contributed by atoms with Crippen LogP contribution < -0.4 is 0 Å². The number of benzene rings is 1. The van der Waals surface area contributed by atoms with Gasteiger partial charge in [-0.15, -0.1) is 0 Å². The second-order valence-electron chi connectivity index (χ2n) is 13.1. The van der Waals surface area contributed by atoms with Crippen molar-refractivity contribution in [1.29, 1.82) is 0 Å². The first-order chi connectivity index (χ1) is 18.6. The first-order valence-corrected chi connectivity index (χ1v) is 15.8. The Hall–Kier alpha value is -1.17. The minimum Gasteiger partial charge on any atom is -0.306 e. The van der Waals surface area contributed by atoms with Crippen molar-refractivity contribution in [3.63, 3.8) is 0 Å². The predicted molar refractivity (Wildman–Crippen MR) is 149 cm³/mol. The first kappa shape index (κ1) is 30.8. The molecule has 4 rings (SSSR count). The minimum atomic E-state index is -5.42. The van der Waals surface area contributed by atoms with E-state index in [1.165, 1.54) is 77.0 Å². The van der Waals surface area contributed by atoms with Crippen LogP contribution in [0.25, 0.3) is 0 Å². The number of halogens is 5. The van der Waals surface area contributed by atoms with Crippen LogP contribution in [-0.4, -0.2) is 37.1 Å². The minimum absolute atomic E-state index is 0.0699. The highest BCUT2D eigenvalue weighted by Crippen LogP contribution is 2.62. The summed E-state index contributed by atoms with van der Waals surface area (Å²) in [5, 5.41) is 0. The smallest absolute Gasteiger partial charge is 0.306 e. The van der Waals surface area contributed by atoms with Gasteiger partial charge in [0.05, 0.1) is 0 Å². The largest absolute Gasteiger partial charge is 0.453 e. The summed E-state index contributed by atoms with van der Waals surface area (Å²) in [5.74, 6) is -1.89. The molecule has 3 aliphatic rings. The number of hydrogen-bond donors (Lipinski definition) is 0. The lowest BCUT2D eigenvalue weighted by molar-refractivity contribution is -0.284. The van der Waals surface area contributed by atoms with Gasteiger partial charge in [0.2, 0.25) is 0 Å². The summed E-state index contributed by atoms with van der Waals surface area (Å²) in [7, 11) is 2.13. The third-order valence-electron chi connectivity index (χ3n) is 10.6. The Balaban J connectivity index is 1.05. The molecule has 1 nitrogen and oxygen atoms in total. The van der Waals surface area contributed by atoms with E-state index < -0.39 is 18.5 Å². The van der Waals surface area contributed by atoms with Crippen LogP contribution in [0.1, 0.15) is 126 Å². The summed E-state index contributed by atoms with van der Waals surface area (Å²) in [6.45, 7) is 2.05. The number of hydrogen-bond acceptors (Lipinski definition) is 1. The Bertz CT molecular complexity index is 883. The molecule has 0 bridgehead atoms. The van der Waals surface area contributed by atoms with Crippen molar-refractivity contribution in [3.8, 4) is 0 Å². The molecule has 3 aliphatic carbocycles. The van der Waals surface area contributed by atoms with Crippen molar-refractivity contribution in [2.45, 2.75) is 134 Å². The number of unbranched alkanes of at least 4 members (excludes halogenated alkanes) is 7. The summed E-state index contributed by atoms with van der Waals surface area (Å²) < 4.78 is 62.5. The molecule has 4 atom stereocenters. The van der Waals surface area contributed by atoms with E-state index in [0.29, 0.717) is 11.8 Å². The maximum Gasteiger partial charge on any atom is 0.453 e. The lowest BCUT2D eigenvalue weighted by Gasteiger charge is -2.51. The SMILES string of the molecule is CN(CCCCCCCC(F)(F)C(F)(F)F)CCCCCC[C@@]12CCC[C@H]1[C@@H]1CCc3ccccc3[C@H]1CC2. The first-order valence-electron chi connectivity index (χ1n) is 15.8. The molecule has 0 unspecified atom stereocenters. The van der Waals surface area contributed by atoms with Crippen molar-refractivity contribution < 1.29 is 22.0 Å². The Morgan fingerprint density at radius 2 is 1.46 bits per heavy atom. The number of fused-ring (bicyclic) bond motifs is 5. The van der Waals surface area contributed by atoms with Gasteiger partial charge in [-0.05, 0) is 119 Å². The summed E-state index contributed by atoms with van der Waals surface area (Å²) in [6.07, 6.45) is 12.9. The maximum absolute atomic E-state index is 12.9. The number of aryl methyl sites for hydroxylation is 1. The second-order valence-corrected chi connectivity index (χ2v) is 13.1. The molecule has 0 heterocycles. The van der Waals surface area contributed by atoms with Gasteiger partial charge in [0.1, 0.15) is 0 Å². The molecule has 6 heteroatoms. The molecule has 39 heavy (non-hydrogen) atoms. The van der Waals surface area contributed by atoms with Crippen molar-refractivity contribution in [1.82, 2.24) is 4.90 Å². The molecular formula is C33H50F5N. The molecule has 0 saturated heterocycles. The van der Waals surface area contributed by atoms with Gasteiger partial charge in [0.15, 0.2) is 0 Å². The number of rotatable bonds is 15. The summed E-state index contributed by atoms with van der Waals surface area (Å²) in [6, 6.07) is 9.23. The quantitative estimate of drug-likeness (QED) is 0.154. The molecule has 0 N–H and O–H groups in total. The third-order valence-corrected chi connectivity index (χ3v) is 10.6. The Morgan fingerprint density at radius 1 is 0.795 bits per heavy atom. The summed E-state index contributed by atoms with van der Waals surface area (Å²) >= 11 is 0. The van der Waals surface area contributed by atoms with E-state index in [0.717, 1.165) is 50.1 Å². The Morgan fingerprint density at radius 3 is 2.21 bits per heavy atom. The van der Waals surface area contributed by atoms with Gasteiger partial charge in [-0.1, -0.05) is 69.2 Å². The maximum atomic E-state index is 12.9. The van der Waals surface area contributed by atoms with Crippen LogP contribution in [0, 0.1) is 17.3 Å². The second kappa shape index (κ2) is 13.7. The molecule has 2 saturated carbocycles. The van der Waals surface area contributed by atoms with Gasteiger partial charge in [-0.25, -0.2) is 0 Å². The molecule has 0 spiro atoms. The number of alkyl halides is 5. The molecular weight excluding hydrogens is 505 g/mol.